The number of nitrogens with zero attached hydrogens (tertiary/aromatic N) is 1. The lowest BCUT2D eigenvalue weighted by Crippen LogP contribution is -2.35. The maximum Gasteiger partial charge on any atom is 0.329 e. The van der Waals surface area contributed by atoms with Crippen molar-refractivity contribution in [3.05, 3.63) is 68.4 Å². The smallest absolute Gasteiger partial charge is 0.329 e. The second-order valence-electron chi connectivity index (χ2n) is 7.69. The Bertz CT molecular complexity index is 972. The third-order valence-electron chi connectivity index (χ3n) is 5.18. The Hall–Kier alpha value is -2.09. The first-order valence-corrected chi connectivity index (χ1v) is 10.2. The number of nitrogens with one attached hydrogen (secondary N) is 1. The number of H-pyrrole nitrogens is 1. The molecule has 0 fully saturated rings. The van der Waals surface area contributed by atoms with Gasteiger partial charge in [-0.15, -0.1) is 0 Å². The zero-order chi connectivity index (χ0) is 20.3. The molecule has 0 radical (unpaired) electrons. The minimum atomic E-state index is -0.561. The molecule has 1 aliphatic carbocycles. The van der Waals surface area contributed by atoms with Crippen molar-refractivity contribution in [2.75, 3.05) is 13.2 Å². The molecular weight excluding hydrogens is 376 g/mol. The van der Waals surface area contributed by atoms with Gasteiger partial charge in [-0.3, -0.25) is 14.3 Å². The van der Waals surface area contributed by atoms with Crippen LogP contribution in [0.1, 0.15) is 38.2 Å². The molecular formula is C21H26N2O4S. The minimum absolute atomic E-state index is 0.0478. The average molecular weight is 403 g/mol. The number of aromatic amines is 1. The van der Waals surface area contributed by atoms with Crippen LogP contribution in [0.5, 0.6) is 0 Å². The van der Waals surface area contributed by atoms with E-state index in [0.717, 1.165) is 10.5 Å². The van der Waals surface area contributed by atoms with Crippen molar-refractivity contribution >= 4 is 11.8 Å². The molecule has 0 spiro atoms. The molecule has 0 saturated heterocycles. The second kappa shape index (κ2) is 8.51. The van der Waals surface area contributed by atoms with Crippen LogP contribution in [0.2, 0.25) is 0 Å². The quantitative estimate of drug-likeness (QED) is 0.489. The number of aliphatic hydroxyl groups is 2. The van der Waals surface area contributed by atoms with Gasteiger partial charge in [-0.05, 0) is 30.9 Å². The van der Waals surface area contributed by atoms with Crippen molar-refractivity contribution in [3.8, 4) is 0 Å². The van der Waals surface area contributed by atoms with E-state index in [4.69, 9.17) is 0 Å². The zero-order valence-electron chi connectivity index (χ0n) is 16.1. The number of hydrogen-bond donors (Lipinski definition) is 3. The van der Waals surface area contributed by atoms with Gasteiger partial charge in [0.25, 0.3) is 5.56 Å². The highest BCUT2D eigenvalue weighted by molar-refractivity contribution is 7.99. The highest BCUT2D eigenvalue weighted by Gasteiger charge is 2.34. The highest BCUT2D eigenvalue weighted by atomic mass is 32.2. The van der Waals surface area contributed by atoms with Crippen LogP contribution in [0.4, 0.5) is 0 Å². The first-order valence-electron chi connectivity index (χ1n) is 9.38. The molecule has 0 aliphatic heterocycles. The Kier molecular flexibility index (Phi) is 6.27. The Balaban J connectivity index is 2.04. The Morgan fingerprint density at radius 2 is 1.86 bits per heavy atom. The minimum Gasteiger partial charge on any atom is -0.396 e. The summed E-state index contributed by atoms with van der Waals surface area (Å²) in [6.07, 6.45) is 3.08. The van der Waals surface area contributed by atoms with Gasteiger partial charge in [-0.1, -0.05) is 55.5 Å². The summed E-state index contributed by atoms with van der Waals surface area (Å²) in [5.41, 5.74) is 0.202. The lowest BCUT2D eigenvalue weighted by atomic mass is 9.86. The fourth-order valence-electron chi connectivity index (χ4n) is 3.53. The van der Waals surface area contributed by atoms with Crippen molar-refractivity contribution in [2.45, 2.75) is 49.1 Å². The Morgan fingerprint density at radius 1 is 1.18 bits per heavy atom. The van der Waals surface area contributed by atoms with E-state index >= 15 is 0 Å². The average Bonchev–Trinajstić information content (AvgIpc) is 3.09. The lowest BCUT2D eigenvalue weighted by molar-refractivity contribution is 0.0636. The van der Waals surface area contributed by atoms with Crippen LogP contribution in [-0.4, -0.2) is 33.0 Å². The fraction of sp³-hybridized carbons (Fsp3) is 0.429. The fourth-order valence-corrected chi connectivity index (χ4v) is 4.74. The third-order valence-corrected chi connectivity index (χ3v) is 6.32. The SMILES string of the molecule is CC(C)c1c(Sc2ccccc2)n(CC2=CCC(CO)(CO)C2)c(=O)[nH]c1=O. The highest BCUT2D eigenvalue weighted by Crippen LogP contribution is 2.38. The number of benzene rings is 1. The number of allylic oxidation sites excluding steroid dienone is 2. The molecule has 0 amide bonds. The van der Waals surface area contributed by atoms with Crippen LogP contribution in [0.3, 0.4) is 0 Å². The molecule has 1 heterocycles. The number of rotatable bonds is 7. The molecule has 6 nitrogen and oxygen atoms in total. The van der Waals surface area contributed by atoms with Crippen molar-refractivity contribution in [3.63, 3.8) is 0 Å². The van der Waals surface area contributed by atoms with Crippen LogP contribution < -0.4 is 11.2 Å². The van der Waals surface area contributed by atoms with E-state index in [-0.39, 0.29) is 24.7 Å². The molecule has 1 aliphatic rings. The van der Waals surface area contributed by atoms with E-state index in [1.165, 1.54) is 11.8 Å². The maximum atomic E-state index is 12.7. The van der Waals surface area contributed by atoms with Gasteiger partial charge >= 0.3 is 5.69 Å². The molecule has 28 heavy (non-hydrogen) atoms. The summed E-state index contributed by atoms with van der Waals surface area (Å²) in [6.45, 7) is 3.99. The first kappa shape index (κ1) is 20.6. The summed E-state index contributed by atoms with van der Waals surface area (Å²) >= 11 is 1.41. The predicted molar refractivity (Wildman–Crippen MR) is 110 cm³/mol. The van der Waals surface area contributed by atoms with E-state index < -0.39 is 11.1 Å². The van der Waals surface area contributed by atoms with Gasteiger partial charge in [0.1, 0.15) is 0 Å². The molecule has 150 valence electrons. The van der Waals surface area contributed by atoms with Crippen molar-refractivity contribution in [1.82, 2.24) is 9.55 Å². The predicted octanol–water partition coefficient (Wildman–Crippen LogP) is 2.50. The van der Waals surface area contributed by atoms with Gasteiger partial charge < -0.3 is 10.2 Å². The normalized spacial score (nSPS) is 15.8. The van der Waals surface area contributed by atoms with Crippen LogP contribution in [0.15, 0.2) is 61.5 Å². The molecule has 2 aromatic rings. The van der Waals surface area contributed by atoms with Crippen molar-refractivity contribution in [1.29, 1.82) is 0 Å². The van der Waals surface area contributed by atoms with Crippen LogP contribution >= 0.6 is 11.8 Å². The van der Waals surface area contributed by atoms with E-state index in [2.05, 4.69) is 4.98 Å². The summed E-state index contributed by atoms with van der Waals surface area (Å²) < 4.78 is 1.60. The van der Waals surface area contributed by atoms with E-state index in [1.807, 2.05) is 50.3 Å². The summed E-state index contributed by atoms with van der Waals surface area (Å²) in [7, 11) is 0. The molecule has 0 saturated carbocycles. The van der Waals surface area contributed by atoms with Crippen molar-refractivity contribution in [2.24, 2.45) is 5.41 Å². The van der Waals surface area contributed by atoms with Gasteiger partial charge in [0.15, 0.2) is 0 Å². The van der Waals surface area contributed by atoms with Crippen LogP contribution in [0, 0.1) is 5.41 Å². The van der Waals surface area contributed by atoms with Gasteiger partial charge in [0.2, 0.25) is 0 Å². The van der Waals surface area contributed by atoms with Gasteiger partial charge in [0.05, 0.1) is 23.8 Å². The zero-order valence-corrected chi connectivity index (χ0v) is 17.0. The molecule has 1 aromatic carbocycles. The summed E-state index contributed by atoms with van der Waals surface area (Å²) in [5, 5.41) is 19.9. The van der Waals surface area contributed by atoms with Crippen LogP contribution in [-0.2, 0) is 6.54 Å². The lowest BCUT2D eigenvalue weighted by Gasteiger charge is -2.24. The molecule has 1 aromatic heterocycles. The Morgan fingerprint density at radius 3 is 2.43 bits per heavy atom. The molecule has 3 rings (SSSR count). The molecule has 0 bridgehead atoms. The van der Waals surface area contributed by atoms with Gasteiger partial charge in [0, 0.05) is 16.9 Å². The van der Waals surface area contributed by atoms with E-state index in [9.17, 15) is 19.8 Å². The van der Waals surface area contributed by atoms with Gasteiger partial charge in [-0.2, -0.15) is 0 Å². The molecule has 0 unspecified atom stereocenters. The largest absolute Gasteiger partial charge is 0.396 e. The van der Waals surface area contributed by atoms with E-state index in [0.29, 0.717) is 30.0 Å². The van der Waals surface area contributed by atoms with Gasteiger partial charge in [-0.25, -0.2) is 4.79 Å². The number of aliphatic hydroxyl groups excluding tert-OH is 2. The van der Waals surface area contributed by atoms with Crippen LogP contribution in [0.25, 0.3) is 0 Å². The monoisotopic (exact) mass is 402 g/mol. The topological polar surface area (TPSA) is 95.3 Å². The summed E-state index contributed by atoms with van der Waals surface area (Å²) in [5.74, 6) is -0.0478. The first-order chi connectivity index (χ1) is 13.4. The van der Waals surface area contributed by atoms with E-state index in [1.54, 1.807) is 4.57 Å². The van der Waals surface area contributed by atoms with Crippen molar-refractivity contribution < 1.29 is 10.2 Å². The maximum absolute atomic E-state index is 12.7. The Labute approximate surface area is 167 Å². The number of aromatic nitrogens is 2. The molecule has 3 N–H and O–H groups in total. The molecule has 7 heteroatoms. The summed E-state index contributed by atoms with van der Waals surface area (Å²) in [4.78, 5) is 28.6. The molecule has 0 atom stereocenters. The summed E-state index contributed by atoms with van der Waals surface area (Å²) in [6, 6.07) is 9.65. The number of hydrogen-bond acceptors (Lipinski definition) is 5. The second-order valence-corrected chi connectivity index (χ2v) is 8.76. The standard InChI is InChI=1S/C21H26N2O4S/c1-14(2)17-18(26)22-20(27)23(19(17)28-16-6-4-3-5-7-16)11-15-8-9-21(10-15,12-24)13-25/h3-8,14,24-25H,9-13H2,1-2H3,(H,22,26,27). The third kappa shape index (κ3) is 4.16.